The number of benzene rings is 1. The van der Waals surface area contributed by atoms with Crippen LogP contribution in [0.4, 0.5) is 0 Å². The Labute approximate surface area is 95.9 Å². The van der Waals surface area contributed by atoms with Crippen molar-refractivity contribution < 1.29 is 19.1 Å². The van der Waals surface area contributed by atoms with Crippen LogP contribution in [-0.4, -0.2) is 26.5 Å². The maximum absolute atomic E-state index is 11.1. The van der Waals surface area contributed by atoms with Crippen LogP contribution in [0.5, 0.6) is 11.5 Å². The summed E-state index contributed by atoms with van der Waals surface area (Å²) in [7, 11) is -0.385. The average Bonchev–Trinajstić information content (AvgIpc) is 2.14. The molecule has 88 valence electrons. The molecule has 0 aliphatic rings. The lowest BCUT2D eigenvalue weighted by Crippen LogP contribution is -2.30. The first kappa shape index (κ1) is 12.6. The van der Waals surface area contributed by atoms with Gasteiger partial charge in [0.1, 0.15) is 17.1 Å². The molecule has 0 fully saturated rings. The molecule has 0 amide bonds. The SMILES string of the molecule is COc1cccc(O[Si](C)(C)C)c1C(=O)O. The number of rotatable bonds is 4. The monoisotopic (exact) mass is 240 g/mol. The number of methoxy groups -OCH3 is 1. The lowest BCUT2D eigenvalue weighted by Gasteiger charge is -2.21. The van der Waals surface area contributed by atoms with Crippen molar-refractivity contribution in [1.82, 2.24) is 0 Å². The Balaban J connectivity index is 3.22. The van der Waals surface area contributed by atoms with E-state index in [4.69, 9.17) is 14.3 Å². The number of hydrogen-bond acceptors (Lipinski definition) is 3. The van der Waals surface area contributed by atoms with E-state index in [0.29, 0.717) is 11.5 Å². The van der Waals surface area contributed by atoms with E-state index in [-0.39, 0.29) is 5.56 Å². The lowest BCUT2D eigenvalue weighted by atomic mass is 10.2. The summed E-state index contributed by atoms with van der Waals surface area (Å²) in [6, 6.07) is 4.99. The van der Waals surface area contributed by atoms with E-state index in [2.05, 4.69) is 0 Å². The van der Waals surface area contributed by atoms with Crippen LogP contribution >= 0.6 is 0 Å². The molecule has 0 radical (unpaired) electrons. The third kappa shape index (κ3) is 3.00. The molecule has 0 aliphatic carbocycles. The smallest absolute Gasteiger partial charge is 0.343 e. The standard InChI is InChI=1S/C11H16O4Si/c1-14-8-6-5-7-9(10(8)11(12)13)15-16(2,3)4/h5-7H,1-4H3,(H,12,13). The molecule has 0 saturated carbocycles. The predicted octanol–water partition coefficient (Wildman–Crippen LogP) is 2.61. The van der Waals surface area contributed by atoms with Gasteiger partial charge in [0, 0.05) is 0 Å². The van der Waals surface area contributed by atoms with Crippen LogP contribution in [0.3, 0.4) is 0 Å². The second-order valence-corrected chi connectivity index (χ2v) is 8.78. The highest BCUT2D eigenvalue weighted by Gasteiger charge is 2.23. The first-order chi connectivity index (χ1) is 7.35. The molecule has 4 nitrogen and oxygen atoms in total. The highest BCUT2D eigenvalue weighted by Crippen LogP contribution is 2.30. The second-order valence-electron chi connectivity index (χ2n) is 4.35. The van der Waals surface area contributed by atoms with E-state index in [0.717, 1.165) is 0 Å². The van der Waals surface area contributed by atoms with Gasteiger partial charge >= 0.3 is 5.97 Å². The summed E-state index contributed by atoms with van der Waals surface area (Å²) in [5, 5.41) is 9.13. The van der Waals surface area contributed by atoms with Gasteiger partial charge in [-0.25, -0.2) is 4.79 Å². The second kappa shape index (κ2) is 4.57. The zero-order valence-electron chi connectivity index (χ0n) is 9.90. The molecule has 16 heavy (non-hydrogen) atoms. The van der Waals surface area contributed by atoms with Crippen LogP contribution in [0.25, 0.3) is 0 Å². The highest BCUT2D eigenvalue weighted by molar-refractivity contribution is 6.70. The van der Waals surface area contributed by atoms with Crippen LogP contribution < -0.4 is 9.16 Å². The third-order valence-corrected chi connectivity index (χ3v) is 2.67. The van der Waals surface area contributed by atoms with Gasteiger partial charge in [-0.1, -0.05) is 6.07 Å². The number of ether oxygens (including phenoxy) is 1. The molecule has 0 spiro atoms. The van der Waals surface area contributed by atoms with E-state index in [1.807, 2.05) is 19.6 Å². The number of carboxylic acid groups (broad SMARTS) is 1. The fourth-order valence-electron chi connectivity index (χ4n) is 1.31. The van der Waals surface area contributed by atoms with Gasteiger partial charge in [0.15, 0.2) is 0 Å². The first-order valence-corrected chi connectivity index (χ1v) is 8.35. The van der Waals surface area contributed by atoms with Gasteiger partial charge in [0.2, 0.25) is 8.32 Å². The van der Waals surface area contributed by atoms with Crippen LogP contribution in [0.15, 0.2) is 18.2 Å². The van der Waals surface area contributed by atoms with Crippen molar-refractivity contribution >= 4 is 14.3 Å². The number of carbonyl (C=O) groups is 1. The van der Waals surface area contributed by atoms with Crippen molar-refractivity contribution in [3.05, 3.63) is 23.8 Å². The van der Waals surface area contributed by atoms with Gasteiger partial charge in [-0.2, -0.15) is 0 Å². The molecule has 0 aliphatic heterocycles. The van der Waals surface area contributed by atoms with Crippen molar-refractivity contribution in [2.75, 3.05) is 7.11 Å². The van der Waals surface area contributed by atoms with Crippen LogP contribution in [0.2, 0.25) is 19.6 Å². The molecule has 0 saturated heterocycles. The van der Waals surface area contributed by atoms with Crippen molar-refractivity contribution in [3.63, 3.8) is 0 Å². The van der Waals surface area contributed by atoms with Crippen molar-refractivity contribution in [2.24, 2.45) is 0 Å². The summed E-state index contributed by atoms with van der Waals surface area (Å²) in [6.07, 6.45) is 0. The molecule has 1 aromatic rings. The Morgan fingerprint density at radius 2 is 1.81 bits per heavy atom. The molecule has 1 aromatic carbocycles. The largest absolute Gasteiger partial charge is 0.544 e. The van der Waals surface area contributed by atoms with Crippen molar-refractivity contribution in [1.29, 1.82) is 0 Å². The minimum absolute atomic E-state index is 0.0902. The number of hydrogen-bond donors (Lipinski definition) is 1. The Morgan fingerprint density at radius 1 is 1.25 bits per heavy atom. The van der Waals surface area contributed by atoms with Crippen LogP contribution in [-0.2, 0) is 0 Å². The van der Waals surface area contributed by atoms with E-state index < -0.39 is 14.3 Å². The van der Waals surface area contributed by atoms with Gasteiger partial charge in [-0.15, -0.1) is 0 Å². The van der Waals surface area contributed by atoms with E-state index in [1.165, 1.54) is 7.11 Å². The predicted molar refractivity (Wildman–Crippen MR) is 63.9 cm³/mol. The maximum atomic E-state index is 11.1. The minimum atomic E-state index is -1.83. The topological polar surface area (TPSA) is 55.8 Å². The molecule has 0 atom stereocenters. The molecule has 1 rings (SSSR count). The average molecular weight is 240 g/mol. The molecule has 1 N–H and O–H groups in total. The normalized spacial score (nSPS) is 11.0. The summed E-state index contributed by atoms with van der Waals surface area (Å²) < 4.78 is 10.7. The number of aromatic carboxylic acids is 1. The van der Waals surface area contributed by atoms with Crippen LogP contribution in [0, 0.1) is 0 Å². The quantitative estimate of drug-likeness (QED) is 0.822. The fourth-order valence-corrected chi connectivity index (χ4v) is 2.14. The van der Waals surface area contributed by atoms with E-state index >= 15 is 0 Å². The van der Waals surface area contributed by atoms with Gasteiger partial charge < -0.3 is 14.3 Å². The van der Waals surface area contributed by atoms with Crippen LogP contribution in [0.1, 0.15) is 10.4 Å². The first-order valence-electron chi connectivity index (χ1n) is 4.94. The zero-order chi connectivity index (χ0) is 12.3. The Kier molecular flexibility index (Phi) is 3.59. The molecule has 0 unspecified atom stereocenters. The summed E-state index contributed by atoms with van der Waals surface area (Å²) in [5.41, 5.74) is 0.0902. The summed E-state index contributed by atoms with van der Waals surface area (Å²) in [5.74, 6) is -0.333. The minimum Gasteiger partial charge on any atom is -0.544 e. The molecule has 0 heterocycles. The molecule has 5 heteroatoms. The Morgan fingerprint density at radius 3 is 2.25 bits per heavy atom. The Bertz CT molecular complexity index is 395. The lowest BCUT2D eigenvalue weighted by molar-refractivity contribution is 0.0691. The molecule has 0 bridgehead atoms. The molecule has 0 aromatic heterocycles. The molecular weight excluding hydrogens is 224 g/mol. The highest BCUT2D eigenvalue weighted by atomic mass is 28.4. The van der Waals surface area contributed by atoms with E-state index in [1.54, 1.807) is 18.2 Å². The summed E-state index contributed by atoms with van der Waals surface area (Å²) in [4.78, 5) is 11.1. The van der Waals surface area contributed by atoms with Gasteiger partial charge in [-0.3, -0.25) is 0 Å². The summed E-state index contributed by atoms with van der Waals surface area (Å²) >= 11 is 0. The van der Waals surface area contributed by atoms with Gasteiger partial charge in [0.25, 0.3) is 0 Å². The fraction of sp³-hybridized carbons (Fsp3) is 0.364. The molecular formula is C11H16O4Si. The maximum Gasteiger partial charge on any atom is 0.343 e. The van der Waals surface area contributed by atoms with E-state index in [9.17, 15) is 4.79 Å². The van der Waals surface area contributed by atoms with Crippen molar-refractivity contribution in [3.8, 4) is 11.5 Å². The zero-order valence-corrected chi connectivity index (χ0v) is 10.9. The van der Waals surface area contributed by atoms with Gasteiger partial charge in [0.05, 0.1) is 7.11 Å². The van der Waals surface area contributed by atoms with Gasteiger partial charge in [-0.05, 0) is 31.8 Å². The third-order valence-electron chi connectivity index (χ3n) is 1.84. The van der Waals surface area contributed by atoms with Crippen molar-refractivity contribution in [2.45, 2.75) is 19.6 Å². The Hall–Kier alpha value is -1.49. The summed E-state index contributed by atoms with van der Waals surface area (Å²) in [6.45, 7) is 5.99. The number of carboxylic acids is 1.